The number of alkyl halides is 1. The van der Waals surface area contributed by atoms with Gasteiger partial charge in [-0.25, -0.2) is 9.07 Å². The minimum absolute atomic E-state index is 0.111. The lowest BCUT2D eigenvalue weighted by Crippen LogP contribution is -2.24. The Kier molecular flexibility index (Phi) is 3.59. The third kappa shape index (κ3) is 2.71. The summed E-state index contributed by atoms with van der Waals surface area (Å²) in [6.45, 7) is 1.39. The van der Waals surface area contributed by atoms with Gasteiger partial charge in [-0.3, -0.25) is 9.78 Å². The summed E-state index contributed by atoms with van der Waals surface area (Å²) in [4.78, 5) is 20.2. The Morgan fingerprint density at radius 3 is 2.67 bits per heavy atom. The number of aromatic nitrogens is 5. The second-order valence-corrected chi connectivity index (χ2v) is 6.62. The van der Waals surface area contributed by atoms with Crippen molar-refractivity contribution in [2.45, 2.75) is 19.1 Å². The zero-order valence-electron chi connectivity index (χ0n) is 14.4. The predicted octanol–water partition coefficient (Wildman–Crippen LogP) is 1.77. The summed E-state index contributed by atoms with van der Waals surface area (Å²) in [6.07, 6.45) is 4.70. The first kappa shape index (κ1) is 15.9. The average molecular weight is 365 g/mol. The topological polar surface area (TPSA) is 80.0 Å². The van der Waals surface area contributed by atoms with Crippen molar-refractivity contribution in [1.82, 2.24) is 25.0 Å². The smallest absolute Gasteiger partial charge is 0.262 e. The van der Waals surface area contributed by atoms with Crippen LogP contribution in [0, 0.1) is 0 Å². The Morgan fingerprint density at radius 2 is 2.00 bits per heavy atom. The molecular formula is C18H16FN7O. The number of pyridine rings is 1. The van der Waals surface area contributed by atoms with Crippen LogP contribution in [0.2, 0.25) is 0 Å². The molecule has 3 aromatic heterocycles. The standard InChI is InChI=1S/C18H16FN7O/c19-12-5-7-24(9-12)16-3-4-17(22-21-16)26-10-14-15(23-26)11-25(18(14)27)13-2-1-6-20-8-13/h1-4,6,8,10,12H,5,7,9,11H2/t12-/m1/s1. The van der Waals surface area contributed by atoms with Crippen LogP contribution in [-0.4, -0.2) is 50.1 Å². The Bertz CT molecular complexity index is 989. The van der Waals surface area contributed by atoms with E-state index in [4.69, 9.17) is 0 Å². The number of nitrogens with zero attached hydrogens (tertiary/aromatic N) is 7. The van der Waals surface area contributed by atoms with Gasteiger partial charge in [0.1, 0.15) is 6.17 Å². The number of halogens is 1. The van der Waals surface area contributed by atoms with Gasteiger partial charge in [-0.05, 0) is 30.7 Å². The second-order valence-electron chi connectivity index (χ2n) is 6.62. The van der Waals surface area contributed by atoms with E-state index < -0.39 is 6.17 Å². The van der Waals surface area contributed by atoms with Gasteiger partial charge in [0.2, 0.25) is 0 Å². The Hall–Kier alpha value is -3.36. The Balaban J connectivity index is 1.37. The molecule has 1 saturated heterocycles. The van der Waals surface area contributed by atoms with Crippen molar-refractivity contribution in [3.8, 4) is 5.82 Å². The van der Waals surface area contributed by atoms with E-state index in [0.29, 0.717) is 48.9 Å². The molecule has 9 heteroatoms. The van der Waals surface area contributed by atoms with Gasteiger partial charge in [-0.1, -0.05) is 0 Å². The number of amides is 1. The highest BCUT2D eigenvalue weighted by Crippen LogP contribution is 2.27. The Labute approximate surface area is 154 Å². The summed E-state index contributed by atoms with van der Waals surface area (Å²) < 4.78 is 14.9. The van der Waals surface area contributed by atoms with Gasteiger partial charge in [0.15, 0.2) is 11.6 Å². The molecule has 136 valence electrons. The van der Waals surface area contributed by atoms with Gasteiger partial charge < -0.3 is 9.80 Å². The maximum atomic E-state index is 13.3. The van der Waals surface area contributed by atoms with Crippen molar-refractivity contribution in [2.24, 2.45) is 0 Å². The molecule has 3 aromatic rings. The van der Waals surface area contributed by atoms with Crippen molar-refractivity contribution in [1.29, 1.82) is 0 Å². The number of anilines is 2. The molecule has 0 unspecified atom stereocenters. The van der Waals surface area contributed by atoms with Crippen LogP contribution in [0.4, 0.5) is 15.9 Å². The molecule has 0 aliphatic carbocycles. The van der Waals surface area contributed by atoms with Crippen LogP contribution in [0.5, 0.6) is 0 Å². The van der Waals surface area contributed by atoms with E-state index in [1.165, 1.54) is 0 Å². The summed E-state index contributed by atoms with van der Waals surface area (Å²) in [5, 5.41) is 12.8. The highest BCUT2D eigenvalue weighted by molar-refractivity contribution is 6.09. The molecule has 0 N–H and O–H groups in total. The quantitative estimate of drug-likeness (QED) is 0.704. The van der Waals surface area contributed by atoms with Crippen LogP contribution in [0.15, 0.2) is 42.9 Å². The normalized spacial score (nSPS) is 19.0. The number of carbonyl (C=O) groups is 1. The van der Waals surface area contributed by atoms with Gasteiger partial charge in [0.25, 0.3) is 5.91 Å². The third-order valence-corrected chi connectivity index (χ3v) is 4.86. The summed E-state index contributed by atoms with van der Waals surface area (Å²) in [6, 6.07) is 7.22. The van der Waals surface area contributed by atoms with Crippen LogP contribution in [0.25, 0.3) is 5.82 Å². The molecule has 2 aliphatic heterocycles. The monoisotopic (exact) mass is 365 g/mol. The van der Waals surface area contributed by atoms with Crippen molar-refractivity contribution >= 4 is 17.4 Å². The Morgan fingerprint density at radius 1 is 1.15 bits per heavy atom. The van der Waals surface area contributed by atoms with Gasteiger partial charge in [0, 0.05) is 18.9 Å². The lowest BCUT2D eigenvalue weighted by Gasteiger charge is -2.16. The van der Waals surface area contributed by atoms with E-state index >= 15 is 0 Å². The van der Waals surface area contributed by atoms with Gasteiger partial charge in [-0.15, -0.1) is 10.2 Å². The first-order valence-corrected chi connectivity index (χ1v) is 8.72. The van der Waals surface area contributed by atoms with Gasteiger partial charge in [-0.2, -0.15) is 5.10 Å². The maximum Gasteiger partial charge on any atom is 0.262 e. The van der Waals surface area contributed by atoms with Crippen molar-refractivity contribution < 1.29 is 9.18 Å². The predicted molar refractivity (Wildman–Crippen MR) is 95.6 cm³/mol. The summed E-state index contributed by atoms with van der Waals surface area (Å²) in [7, 11) is 0. The van der Waals surface area contributed by atoms with Crippen LogP contribution >= 0.6 is 0 Å². The van der Waals surface area contributed by atoms with E-state index in [1.54, 1.807) is 46.4 Å². The molecule has 5 heterocycles. The van der Waals surface area contributed by atoms with E-state index in [-0.39, 0.29) is 5.91 Å². The fourth-order valence-corrected chi connectivity index (χ4v) is 3.45. The summed E-state index contributed by atoms with van der Waals surface area (Å²) in [5.74, 6) is 1.06. The number of fused-ring (bicyclic) bond motifs is 1. The fraction of sp³-hybridized carbons (Fsp3) is 0.278. The molecule has 0 aromatic carbocycles. The van der Waals surface area contributed by atoms with Crippen LogP contribution in [0.3, 0.4) is 0 Å². The highest BCUT2D eigenvalue weighted by atomic mass is 19.1. The number of carbonyl (C=O) groups excluding carboxylic acids is 1. The van der Waals surface area contributed by atoms with E-state index in [2.05, 4.69) is 20.3 Å². The van der Waals surface area contributed by atoms with E-state index in [9.17, 15) is 9.18 Å². The lowest BCUT2D eigenvalue weighted by atomic mass is 10.3. The molecule has 5 rings (SSSR count). The molecule has 0 spiro atoms. The van der Waals surface area contributed by atoms with Crippen molar-refractivity contribution in [3.63, 3.8) is 0 Å². The van der Waals surface area contributed by atoms with Gasteiger partial charge in [0.05, 0.1) is 36.2 Å². The highest BCUT2D eigenvalue weighted by Gasteiger charge is 2.32. The molecule has 1 fully saturated rings. The minimum Gasteiger partial charge on any atom is -0.352 e. The van der Waals surface area contributed by atoms with Crippen LogP contribution in [-0.2, 0) is 6.54 Å². The molecule has 1 amide bonds. The molecule has 0 bridgehead atoms. The molecule has 0 radical (unpaired) electrons. The van der Waals surface area contributed by atoms with E-state index in [1.807, 2.05) is 11.0 Å². The molecule has 27 heavy (non-hydrogen) atoms. The second kappa shape index (κ2) is 6.11. The summed E-state index contributed by atoms with van der Waals surface area (Å²) >= 11 is 0. The van der Waals surface area contributed by atoms with Crippen molar-refractivity contribution in [3.05, 3.63) is 54.1 Å². The zero-order chi connectivity index (χ0) is 18.4. The number of rotatable bonds is 3. The zero-order valence-corrected chi connectivity index (χ0v) is 14.4. The number of hydrogen-bond acceptors (Lipinski definition) is 6. The fourth-order valence-electron chi connectivity index (χ4n) is 3.45. The minimum atomic E-state index is -0.811. The first-order valence-electron chi connectivity index (χ1n) is 8.72. The summed E-state index contributed by atoms with van der Waals surface area (Å²) in [5.41, 5.74) is 1.98. The van der Waals surface area contributed by atoms with E-state index in [0.717, 1.165) is 5.69 Å². The molecule has 1 atom stereocenters. The van der Waals surface area contributed by atoms with Crippen LogP contribution < -0.4 is 9.80 Å². The molecule has 0 saturated carbocycles. The molecule has 8 nitrogen and oxygen atoms in total. The maximum absolute atomic E-state index is 13.3. The van der Waals surface area contributed by atoms with Crippen molar-refractivity contribution in [2.75, 3.05) is 22.9 Å². The lowest BCUT2D eigenvalue weighted by molar-refractivity contribution is 0.0996. The third-order valence-electron chi connectivity index (χ3n) is 4.86. The molecule has 2 aliphatic rings. The molecular weight excluding hydrogens is 349 g/mol. The average Bonchev–Trinajstić information content (AvgIpc) is 3.39. The largest absolute Gasteiger partial charge is 0.352 e. The SMILES string of the molecule is O=C1c2cn(-c3ccc(N4CC[C@@H](F)C4)nn3)nc2CN1c1cccnc1. The number of hydrogen-bond donors (Lipinski definition) is 0. The first-order chi connectivity index (χ1) is 13.2. The van der Waals surface area contributed by atoms with Crippen LogP contribution in [0.1, 0.15) is 22.5 Å². The van der Waals surface area contributed by atoms with Gasteiger partial charge >= 0.3 is 0 Å².